The third-order valence-corrected chi connectivity index (χ3v) is 4.55. The number of imidazole rings is 1. The van der Waals surface area contributed by atoms with Crippen LogP contribution in [-0.2, 0) is 4.74 Å². The van der Waals surface area contributed by atoms with Crippen LogP contribution < -0.4 is 9.64 Å². The molecule has 3 aromatic rings. The van der Waals surface area contributed by atoms with E-state index in [9.17, 15) is 18.8 Å². The summed E-state index contributed by atoms with van der Waals surface area (Å²) >= 11 is 0. The largest absolute Gasteiger partial charge is 0.487 e. The molecule has 1 fully saturated rings. The predicted molar refractivity (Wildman–Crippen MR) is 99.9 cm³/mol. The van der Waals surface area contributed by atoms with Crippen molar-refractivity contribution in [1.82, 2.24) is 9.97 Å². The fourth-order valence-electron chi connectivity index (χ4n) is 3.23. The standard InChI is InChI=1S/C20H16F2N4O3/c1-20(21,22)10-29-14-3-4-15(12(6-14)8-23)18-9-28-19(27)26(18)13-2-5-16-17(7-13)25-11-24-16/h2-7,11,18H,9-10H2,1H3,(H,24,25). The van der Waals surface area contributed by atoms with Gasteiger partial charge >= 0.3 is 6.09 Å². The summed E-state index contributed by atoms with van der Waals surface area (Å²) in [7, 11) is 0. The van der Waals surface area contributed by atoms with Gasteiger partial charge in [-0.1, -0.05) is 6.07 Å². The zero-order chi connectivity index (χ0) is 20.6. The van der Waals surface area contributed by atoms with Crippen molar-refractivity contribution in [2.24, 2.45) is 0 Å². The number of cyclic esters (lactones) is 1. The van der Waals surface area contributed by atoms with Crippen molar-refractivity contribution in [3.8, 4) is 11.8 Å². The maximum absolute atomic E-state index is 13.0. The molecule has 7 nitrogen and oxygen atoms in total. The van der Waals surface area contributed by atoms with Crippen LogP contribution in [0, 0.1) is 11.3 Å². The molecule has 29 heavy (non-hydrogen) atoms. The highest BCUT2D eigenvalue weighted by Crippen LogP contribution is 2.36. The van der Waals surface area contributed by atoms with Crippen LogP contribution in [0.3, 0.4) is 0 Å². The molecule has 1 aromatic heterocycles. The van der Waals surface area contributed by atoms with Gasteiger partial charge in [0.25, 0.3) is 5.92 Å². The maximum atomic E-state index is 13.0. The molecule has 1 aliphatic rings. The normalized spacial score (nSPS) is 16.7. The van der Waals surface area contributed by atoms with Crippen LogP contribution in [-0.4, -0.2) is 35.2 Å². The van der Waals surface area contributed by atoms with Gasteiger partial charge in [-0.2, -0.15) is 5.26 Å². The van der Waals surface area contributed by atoms with E-state index in [1.165, 1.54) is 17.0 Å². The van der Waals surface area contributed by atoms with Crippen LogP contribution in [0.4, 0.5) is 19.3 Å². The molecule has 0 spiro atoms. The molecule has 0 aliphatic carbocycles. The van der Waals surface area contributed by atoms with Crippen molar-refractivity contribution in [1.29, 1.82) is 5.26 Å². The molecule has 1 N–H and O–H groups in total. The lowest BCUT2D eigenvalue weighted by Gasteiger charge is -2.23. The molecule has 0 radical (unpaired) electrons. The Balaban J connectivity index is 1.67. The average Bonchev–Trinajstić information content (AvgIpc) is 3.31. The predicted octanol–water partition coefficient (Wildman–Crippen LogP) is 4.17. The Labute approximate surface area is 164 Å². The van der Waals surface area contributed by atoms with Gasteiger partial charge in [0.05, 0.1) is 34.7 Å². The number of carbonyl (C=O) groups excluding carboxylic acids is 1. The Morgan fingerprint density at radius 1 is 1.38 bits per heavy atom. The van der Waals surface area contributed by atoms with Crippen LogP contribution >= 0.6 is 0 Å². The molecule has 2 heterocycles. The van der Waals surface area contributed by atoms with E-state index in [4.69, 9.17) is 9.47 Å². The lowest BCUT2D eigenvalue weighted by molar-refractivity contribution is -0.0229. The molecule has 1 saturated heterocycles. The molecule has 148 valence electrons. The van der Waals surface area contributed by atoms with Gasteiger partial charge < -0.3 is 14.5 Å². The fourth-order valence-corrected chi connectivity index (χ4v) is 3.23. The Bertz CT molecular complexity index is 1120. The summed E-state index contributed by atoms with van der Waals surface area (Å²) in [6, 6.07) is 11.3. The smallest absolute Gasteiger partial charge is 0.415 e. The number of aromatic amines is 1. The van der Waals surface area contributed by atoms with E-state index in [-0.39, 0.29) is 17.9 Å². The van der Waals surface area contributed by atoms with Crippen molar-refractivity contribution in [2.75, 3.05) is 18.1 Å². The minimum absolute atomic E-state index is 0.0573. The quantitative estimate of drug-likeness (QED) is 0.697. The number of amides is 1. The number of carbonyl (C=O) groups is 1. The number of benzene rings is 2. The number of nitrogens with one attached hydrogen (secondary N) is 1. The number of H-pyrrole nitrogens is 1. The Morgan fingerprint density at radius 2 is 2.21 bits per heavy atom. The summed E-state index contributed by atoms with van der Waals surface area (Å²) in [5, 5.41) is 9.56. The highest BCUT2D eigenvalue weighted by molar-refractivity contribution is 5.93. The number of anilines is 1. The zero-order valence-electron chi connectivity index (χ0n) is 15.4. The monoisotopic (exact) mass is 398 g/mol. The molecular weight excluding hydrogens is 382 g/mol. The maximum Gasteiger partial charge on any atom is 0.415 e. The molecule has 2 aromatic carbocycles. The van der Waals surface area contributed by atoms with E-state index in [1.54, 1.807) is 30.6 Å². The zero-order valence-corrected chi connectivity index (χ0v) is 15.4. The van der Waals surface area contributed by atoms with Crippen LogP contribution in [0.1, 0.15) is 24.1 Å². The topological polar surface area (TPSA) is 91.2 Å². The number of ether oxygens (including phenoxy) is 2. The Kier molecular flexibility index (Phi) is 4.54. The SMILES string of the molecule is CC(F)(F)COc1ccc(C2COC(=O)N2c2ccc3nc[nH]c3c2)c(C#N)c1. The van der Waals surface area contributed by atoms with Gasteiger partial charge in [-0.15, -0.1) is 0 Å². The first-order valence-electron chi connectivity index (χ1n) is 8.79. The number of fused-ring (bicyclic) bond motifs is 1. The first-order valence-corrected chi connectivity index (χ1v) is 8.79. The molecule has 1 unspecified atom stereocenters. The van der Waals surface area contributed by atoms with Crippen molar-refractivity contribution >= 4 is 22.8 Å². The average molecular weight is 398 g/mol. The van der Waals surface area contributed by atoms with Gasteiger partial charge in [0.15, 0.2) is 6.61 Å². The van der Waals surface area contributed by atoms with Gasteiger partial charge in [0, 0.05) is 6.92 Å². The summed E-state index contributed by atoms with van der Waals surface area (Å²) in [6.45, 7) is 0.0166. The number of nitriles is 1. The molecule has 0 saturated carbocycles. The summed E-state index contributed by atoms with van der Waals surface area (Å²) in [4.78, 5) is 21.0. The molecule has 9 heteroatoms. The number of alkyl halides is 2. The second kappa shape index (κ2) is 7.05. The number of hydrogen-bond acceptors (Lipinski definition) is 5. The Hall–Kier alpha value is -3.67. The second-order valence-electron chi connectivity index (χ2n) is 6.79. The van der Waals surface area contributed by atoms with E-state index in [1.807, 2.05) is 6.07 Å². The number of hydrogen-bond donors (Lipinski definition) is 1. The summed E-state index contributed by atoms with van der Waals surface area (Å²) in [5.74, 6) is -2.83. The number of nitrogens with zero attached hydrogens (tertiary/aromatic N) is 3. The van der Waals surface area contributed by atoms with Crippen LogP contribution in [0.25, 0.3) is 11.0 Å². The number of aromatic nitrogens is 2. The van der Waals surface area contributed by atoms with Gasteiger partial charge in [0.2, 0.25) is 0 Å². The van der Waals surface area contributed by atoms with E-state index in [0.717, 1.165) is 18.0 Å². The highest BCUT2D eigenvalue weighted by Gasteiger charge is 2.37. The summed E-state index contributed by atoms with van der Waals surface area (Å²) in [5.41, 5.74) is 2.86. The number of halogens is 2. The van der Waals surface area contributed by atoms with Crippen LogP contribution in [0.15, 0.2) is 42.7 Å². The molecular formula is C20H16F2N4O3. The lowest BCUT2D eigenvalue weighted by atomic mass is 10.00. The van der Waals surface area contributed by atoms with Gasteiger partial charge in [-0.05, 0) is 35.9 Å². The minimum atomic E-state index is -2.99. The third kappa shape index (κ3) is 3.69. The Morgan fingerprint density at radius 3 is 2.97 bits per heavy atom. The van der Waals surface area contributed by atoms with Gasteiger partial charge in [0.1, 0.15) is 18.4 Å². The van der Waals surface area contributed by atoms with Crippen LogP contribution in [0.2, 0.25) is 0 Å². The first kappa shape index (κ1) is 18.7. The molecule has 1 aliphatic heterocycles. The fraction of sp³-hybridized carbons (Fsp3) is 0.250. The number of rotatable bonds is 5. The van der Waals surface area contributed by atoms with E-state index in [2.05, 4.69) is 9.97 Å². The minimum Gasteiger partial charge on any atom is -0.487 e. The summed E-state index contributed by atoms with van der Waals surface area (Å²) in [6.07, 6.45) is 1.02. The van der Waals surface area contributed by atoms with Crippen LogP contribution in [0.5, 0.6) is 5.75 Å². The molecule has 1 atom stereocenters. The van der Waals surface area contributed by atoms with Crippen molar-refractivity contribution in [3.63, 3.8) is 0 Å². The summed E-state index contributed by atoms with van der Waals surface area (Å²) < 4.78 is 36.4. The van der Waals surface area contributed by atoms with E-state index in [0.29, 0.717) is 11.3 Å². The van der Waals surface area contributed by atoms with Gasteiger partial charge in [-0.3, -0.25) is 4.90 Å². The van der Waals surface area contributed by atoms with Gasteiger partial charge in [-0.25, -0.2) is 18.6 Å². The second-order valence-corrected chi connectivity index (χ2v) is 6.79. The van der Waals surface area contributed by atoms with Crippen molar-refractivity contribution < 1.29 is 23.0 Å². The van der Waals surface area contributed by atoms with E-state index < -0.39 is 24.7 Å². The first-order chi connectivity index (χ1) is 13.9. The highest BCUT2D eigenvalue weighted by atomic mass is 19.3. The van der Waals surface area contributed by atoms with E-state index >= 15 is 0 Å². The molecule has 0 bridgehead atoms. The molecule has 1 amide bonds. The van der Waals surface area contributed by atoms with Crippen molar-refractivity contribution in [2.45, 2.75) is 18.9 Å². The molecule has 4 rings (SSSR count). The van der Waals surface area contributed by atoms with Crippen molar-refractivity contribution in [3.05, 3.63) is 53.9 Å². The third-order valence-electron chi connectivity index (χ3n) is 4.55. The lowest BCUT2D eigenvalue weighted by Crippen LogP contribution is -2.27.